The van der Waals surface area contributed by atoms with E-state index in [0.717, 1.165) is 64.7 Å². The molecule has 2 heterocycles. The van der Waals surface area contributed by atoms with Gasteiger partial charge in [0.1, 0.15) is 0 Å². The fraction of sp³-hybridized carbons (Fsp3) is 0.923. The zero-order valence-corrected chi connectivity index (χ0v) is 11.6. The predicted molar refractivity (Wildman–Crippen MR) is 71.9 cm³/mol. The summed E-state index contributed by atoms with van der Waals surface area (Å²) in [6.45, 7) is 5.42. The Balaban J connectivity index is 1.90. The topological polar surface area (TPSA) is 46.1 Å². The minimum Gasteiger partial charge on any atom is -0.384 e. The monoisotopic (exact) mass is 255 g/mol. The fourth-order valence-electron chi connectivity index (χ4n) is 2.66. The first-order valence-electron chi connectivity index (χ1n) is 6.82. The van der Waals surface area contributed by atoms with Crippen LogP contribution in [-0.4, -0.2) is 64.5 Å². The Hall–Kier alpha value is -0.810. The summed E-state index contributed by atoms with van der Waals surface area (Å²) in [6.07, 6.45) is 3.27. The zero-order valence-electron chi connectivity index (χ0n) is 11.6. The van der Waals surface area contributed by atoms with E-state index in [1.165, 1.54) is 0 Å². The summed E-state index contributed by atoms with van der Waals surface area (Å²) in [4.78, 5) is 6.74. The van der Waals surface area contributed by atoms with Gasteiger partial charge in [-0.25, -0.2) is 0 Å². The maximum atomic E-state index is 5.46. The third kappa shape index (κ3) is 3.36. The molecular weight excluding hydrogens is 230 g/mol. The van der Waals surface area contributed by atoms with Gasteiger partial charge < -0.3 is 19.7 Å². The van der Waals surface area contributed by atoms with E-state index in [1.807, 2.05) is 0 Å². The van der Waals surface area contributed by atoms with Crippen LogP contribution in [0.5, 0.6) is 0 Å². The summed E-state index contributed by atoms with van der Waals surface area (Å²) in [5.41, 5.74) is 0.202. The number of guanidine groups is 1. The molecule has 1 fully saturated rings. The summed E-state index contributed by atoms with van der Waals surface area (Å²) in [7, 11) is 3.87. The molecule has 18 heavy (non-hydrogen) atoms. The molecule has 2 aliphatic rings. The number of hydrogen-bond donors (Lipinski definition) is 1. The van der Waals surface area contributed by atoms with Gasteiger partial charge in [0.05, 0.1) is 6.61 Å². The molecule has 0 aromatic carbocycles. The molecule has 0 amide bonds. The molecule has 0 aromatic rings. The zero-order chi connectivity index (χ0) is 12.8. The summed E-state index contributed by atoms with van der Waals surface area (Å²) >= 11 is 0. The van der Waals surface area contributed by atoms with E-state index in [2.05, 4.69) is 22.3 Å². The number of nitrogens with one attached hydrogen (secondary N) is 1. The van der Waals surface area contributed by atoms with E-state index in [-0.39, 0.29) is 5.41 Å². The lowest BCUT2D eigenvalue weighted by atomic mass is 9.81. The molecule has 0 saturated carbocycles. The lowest BCUT2D eigenvalue weighted by molar-refractivity contribution is -0.0250. The third-order valence-electron chi connectivity index (χ3n) is 3.90. The van der Waals surface area contributed by atoms with E-state index < -0.39 is 0 Å². The first-order valence-corrected chi connectivity index (χ1v) is 6.82. The highest BCUT2D eigenvalue weighted by atomic mass is 16.5. The van der Waals surface area contributed by atoms with Crippen molar-refractivity contribution >= 4 is 5.96 Å². The van der Waals surface area contributed by atoms with Crippen LogP contribution in [-0.2, 0) is 9.47 Å². The summed E-state index contributed by atoms with van der Waals surface area (Å²) in [5, 5.41) is 3.51. The second kappa shape index (κ2) is 6.38. The van der Waals surface area contributed by atoms with Crippen LogP contribution in [0.3, 0.4) is 0 Å². The number of rotatable bonds is 4. The smallest absolute Gasteiger partial charge is 0.193 e. The minimum absolute atomic E-state index is 0.202. The molecule has 5 nitrogen and oxygen atoms in total. The van der Waals surface area contributed by atoms with Crippen molar-refractivity contribution < 1.29 is 9.47 Å². The number of nitrogens with zero attached hydrogens (tertiary/aromatic N) is 2. The van der Waals surface area contributed by atoms with Gasteiger partial charge in [-0.2, -0.15) is 0 Å². The number of hydrogen-bond acceptors (Lipinski definition) is 5. The molecule has 1 saturated heterocycles. The molecule has 1 N–H and O–H groups in total. The minimum atomic E-state index is 0.202. The van der Waals surface area contributed by atoms with Gasteiger partial charge in [-0.3, -0.25) is 4.99 Å². The highest BCUT2D eigenvalue weighted by Crippen LogP contribution is 2.30. The lowest BCUT2D eigenvalue weighted by Gasteiger charge is -2.38. The Morgan fingerprint density at radius 1 is 1.44 bits per heavy atom. The van der Waals surface area contributed by atoms with E-state index in [4.69, 9.17) is 9.47 Å². The van der Waals surface area contributed by atoms with Crippen LogP contribution in [0.1, 0.15) is 19.3 Å². The number of methoxy groups -OCH3 is 1. The van der Waals surface area contributed by atoms with Gasteiger partial charge in [-0.15, -0.1) is 0 Å². The largest absolute Gasteiger partial charge is 0.384 e. The highest BCUT2D eigenvalue weighted by molar-refractivity contribution is 5.80. The lowest BCUT2D eigenvalue weighted by Crippen LogP contribution is -2.49. The van der Waals surface area contributed by atoms with Crippen LogP contribution < -0.4 is 5.32 Å². The van der Waals surface area contributed by atoms with Crippen molar-refractivity contribution in [3.63, 3.8) is 0 Å². The molecule has 0 bridgehead atoms. The van der Waals surface area contributed by atoms with Crippen LogP contribution in [0.2, 0.25) is 0 Å². The molecular formula is C13H25N3O2. The van der Waals surface area contributed by atoms with E-state index in [9.17, 15) is 0 Å². The van der Waals surface area contributed by atoms with Crippen molar-refractivity contribution in [1.29, 1.82) is 0 Å². The first-order chi connectivity index (χ1) is 8.76. The predicted octanol–water partition coefficient (Wildman–Crippen LogP) is 0.711. The Bertz CT molecular complexity index is 282. The van der Waals surface area contributed by atoms with Crippen molar-refractivity contribution in [2.45, 2.75) is 19.3 Å². The molecule has 2 aliphatic heterocycles. The molecule has 0 spiro atoms. The van der Waals surface area contributed by atoms with Gasteiger partial charge in [0.2, 0.25) is 0 Å². The molecule has 104 valence electrons. The maximum absolute atomic E-state index is 5.46. The Labute approximate surface area is 110 Å². The number of aliphatic imine (C=N–C) groups is 1. The molecule has 0 aliphatic carbocycles. The van der Waals surface area contributed by atoms with Gasteiger partial charge in [0, 0.05) is 52.4 Å². The quantitative estimate of drug-likeness (QED) is 0.804. The van der Waals surface area contributed by atoms with E-state index >= 15 is 0 Å². The van der Waals surface area contributed by atoms with Crippen LogP contribution in [0, 0.1) is 5.41 Å². The Kier molecular flexibility index (Phi) is 4.83. The van der Waals surface area contributed by atoms with Crippen LogP contribution in [0.15, 0.2) is 4.99 Å². The third-order valence-corrected chi connectivity index (χ3v) is 3.90. The summed E-state index contributed by atoms with van der Waals surface area (Å²) < 4.78 is 10.9. The Morgan fingerprint density at radius 2 is 2.22 bits per heavy atom. The van der Waals surface area contributed by atoms with Crippen molar-refractivity contribution in [1.82, 2.24) is 10.2 Å². The van der Waals surface area contributed by atoms with Crippen LogP contribution in [0.4, 0.5) is 0 Å². The van der Waals surface area contributed by atoms with Crippen molar-refractivity contribution in [2.75, 3.05) is 53.6 Å². The maximum Gasteiger partial charge on any atom is 0.193 e. The van der Waals surface area contributed by atoms with Gasteiger partial charge in [0.15, 0.2) is 5.96 Å². The van der Waals surface area contributed by atoms with Crippen molar-refractivity contribution in [2.24, 2.45) is 10.4 Å². The normalized spacial score (nSPS) is 23.7. The first kappa shape index (κ1) is 13.6. The van der Waals surface area contributed by atoms with Gasteiger partial charge in [-0.05, 0) is 19.3 Å². The molecule has 2 rings (SSSR count). The SMILES string of the molecule is COCC1(CNC2=NCCCN2C)CCOCC1. The van der Waals surface area contributed by atoms with E-state index in [0.29, 0.717) is 0 Å². The molecule has 5 heteroatoms. The van der Waals surface area contributed by atoms with Crippen molar-refractivity contribution in [3.05, 3.63) is 0 Å². The summed E-state index contributed by atoms with van der Waals surface area (Å²) in [5.74, 6) is 1.03. The molecule has 0 radical (unpaired) electrons. The second-order valence-electron chi connectivity index (χ2n) is 5.38. The molecule has 0 aromatic heterocycles. The average Bonchev–Trinajstić information content (AvgIpc) is 2.39. The van der Waals surface area contributed by atoms with Crippen LogP contribution in [0.25, 0.3) is 0 Å². The Morgan fingerprint density at radius 3 is 2.89 bits per heavy atom. The summed E-state index contributed by atoms with van der Waals surface area (Å²) in [6, 6.07) is 0. The standard InChI is InChI=1S/C13H25N3O2/c1-16-7-3-6-14-12(16)15-10-13(11-17-2)4-8-18-9-5-13/h3-11H2,1-2H3,(H,14,15). The van der Waals surface area contributed by atoms with Crippen LogP contribution >= 0.6 is 0 Å². The van der Waals surface area contributed by atoms with Gasteiger partial charge in [-0.1, -0.05) is 0 Å². The van der Waals surface area contributed by atoms with Crippen molar-refractivity contribution in [3.8, 4) is 0 Å². The second-order valence-corrected chi connectivity index (χ2v) is 5.38. The molecule has 0 unspecified atom stereocenters. The molecule has 0 atom stereocenters. The average molecular weight is 255 g/mol. The number of ether oxygens (including phenoxy) is 2. The van der Waals surface area contributed by atoms with E-state index in [1.54, 1.807) is 7.11 Å². The highest BCUT2D eigenvalue weighted by Gasteiger charge is 2.33. The fourth-order valence-corrected chi connectivity index (χ4v) is 2.66. The van der Waals surface area contributed by atoms with Gasteiger partial charge >= 0.3 is 0 Å². The van der Waals surface area contributed by atoms with Gasteiger partial charge in [0.25, 0.3) is 0 Å².